The molecule has 1 aliphatic heterocycles. The Morgan fingerprint density at radius 2 is 1.92 bits per heavy atom. The molecule has 5 nitrogen and oxygen atoms in total. The van der Waals surface area contributed by atoms with Crippen LogP contribution in [0.3, 0.4) is 0 Å². The largest absolute Gasteiger partial charge is 0.468 e. The number of nitrogens with one attached hydrogen (secondary N) is 1. The first-order valence-corrected chi connectivity index (χ1v) is 8.69. The zero-order chi connectivity index (χ0) is 18.3. The maximum atomic E-state index is 13.0. The van der Waals surface area contributed by atoms with E-state index >= 15 is 0 Å². The molecule has 0 saturated carbocycles. The standard InChI is InChI=1S/C18H17Cl2NO4/c1-8-5-13-16(17(23)15(8)18(24)25-2)10(7-14(22)21-13)9-3-4-11(19)12(20)6-9/h3-4,6,8,10,15H,5,7H2,1-2H3,(H,21,22)/t8-,10+,15-/m0/s1. The summed E-state index contributed by atoms with van der Waals surface area (Å²) in [5.41, 5.74) is 1.78. The predicted octanol–water partition coefficient (Wildman–Crippen LogP) is 3.25. The predicted molar refractivity (Wildman–Crippen MR) is 93.3 cm³/mol. The Morgan fingerprint density at radius 1 is 1.20 bits per heavy atom. The molecule has 1 heterocycles. The van der Waals surface area contributed by atoms with E-state index in [0.29, 0.717) is 27.7 Å². The van der Waals surface area contributed by atoms with Crippen LogP contribution < -0.4 is 5.32 Å². The topological polar surface area (TPSA) is 72.5 Å². The minimum Gasteiger partial charge on any atom is -0.468 e. The molecule has 0 spiro atoms. The van der Waals surface area contributed by atoms with Crippen molar-refractivity contribution in [1.82, 2.24) is 5.32 Å². The van der Waals surface area contributed by atoms with Gasteiger partial charge in [-0.3, -0.25) is 14.4 Å². The number of ketones is 1. The molecule has 1 N–H and O–H groups in total. The molecule has 3 atom stereocenters. The zero-order valence-corrected chi connectivity index (χ0v) is 15.3. The molecular formula is C18H17Cl2NO4. The van der Waals surface area contributed by atoms with Gasteiger partial charge in [0.2, 0.25) is 5.91 Å². The zero-order valence-electron chi connectivity index (χ0n) is 13.8. The summed E-state index contributed by atoms with van der Waals surface area (Å²) < 4.78 is 4.80. The molecule has 0 saturated heterocycles. The molecule has 3 rings (SSSR count). The fourth-order valence-electron chi connectivity index (χ4n) is 3.61. The Bertz CT molecular complexity index is 802. The van der Waals surface area contributed by atoms with Crippen LogP contribution in [0.1, 0.15) is 31.2 Å². The lowest BCUT2D eigenvalue weighted by Crippen LogP contribution is -2.44. The Balaban J connectivity index is 2.08. The van der Waals surface area contributed by atoms with Gasteiger partial charge in [0.1, 0.15) is 5.92 Å². The molecule has 0 unspecified atom stereocenters. The second-order valence-corrected chi connectivity index (χ2v) is 7.23. The van der Waals surface area contributed by atoms with Gasteiger partial charge >= 0.3 is 5.97 Å². The molecule has 1 aromatic carbocycles. The summed E-state index contributed by atoms with van der Waals surface area (Å²) in [4.78, 5) is 37.3. The number of hydrogen-bond acceptors (Lipinski definition) is 4. The van der Waals surface area contributed by atoms with E-state index in [1.807, 2.05) is 0 Å². The van der Waals surface area contributed by atoms with E-state index in [1.54, 1.807) is 25.1 Å². The van der Waals surface area contributed by atoms with Gasteiger partial charge in [0.15, 0.2) is 5.78 Å². The average Bonchev–Trinajstić information content (AvgIpc) is 2.55. The number of rotatable bonds is 2. The highest BCUT2D eigenvalue weighted by Crippen LogP contribution is 2.42. The molecular weight excluding hydrogens is 365 g/mol. The van der Waals surface area contributed by atoms with Crippen LogP contribution in [0, 0.1) is 11.8 Å². The van der Waals surface area contributed by atoms with Crippen LogP contribution in [0.5, 0.6) is 0 Å². The van der Waals surface area contributed by atoms with E-state index in [4.69, 9.17) is 27.9 Å². The van der Waals surface area contributed by atoms with E-state index < -0.39 is 17.8 Å². The van der Waals surface area contributed by atoms with Gasteiger partial charge < -0.3 is 10.1 Å². The number of allylic oxidation sites excluding steroid dienone is 2. The smallest absolute Gasteiger partial charge is 0.316 e. The van der Waals surface area contributed by atoms with Gasteiger partial charge in [0.25, 0.3) is 0 Å². The monoisotopic (exact) mass is 381 g/mol. The van der Waals surface area contributed by atoms with Crippen molar-refractivity contribution in [2.24, 2.45) is 11.8 Å². The van der Waals surface area contributed by atoms with E-state index in [2.05, 4.69) is 5.32 Å². The van der Waals surface area contributed by atoms with Gasteiger partial charge in [-0.2, -0.15) is 0 Å². The lowest BCUT2D eigenvalue weighted by molar-refractivity contribution is -0.151. The highest BCUT2D eigenvalue weighted by atomic mass is 35.5. The Labute approximate surface area is 155 Å². The van der Waals surface area contributed by atoms with Crippen molar-refractivity contribution in [3.8, 4) is 0 Å². The van der Waals surface area contributed by atoms with Crippen molar-refractivity contribution in [2.75, 3.05) is 7.11 Å². The van der Waals surface area contributed by atoms with Crippen molar-refractivity contribution >= 4 is 40.9 Å². The van der Waals surface area contributed by atoms with Crippen LogP contribution in [0.4, 0.5) is 0 Å². The number of ether oxygens (including phenoxy) is 1. The van der Waals surface area contributed by atoms with E-state index in [1.165, 1.54) is 7.11 Å². The van der Waals surface area contributed by atoms with Gasteiger partial charge in [-0.15, -0.1) is 0 Å². The first kappa shape index (κ1) is 18.0. The van der Waals surface area contributed by atoms with E-state index in [0.717, 1.165) is 5.56 Å². The third-order valence-electron chi connectivity index (χ3n) is 4.80. The Morgan fingerprint density at radius 3 is 2.56 bits per heavy atom. The quantitative estimate of drug-likeness (QED) is 0.630. The number of carbonyl (C=O) groups is 3. The van der Waals surface area contributed by atoms with Crippen LogP contribution in [0.25, 0.3) is 0 Å². The maximum Gasteiger partial charge on any atom is 0.316 e. The van der Waals surface area contributed by atoms with Crippen molar-refractivity contribution in [2.45, 2.75) is 25.7 Å². The summed E-state index contributed by atoms with van der Waals surface area (Å²) in [5, 5.41) is 3.55. The highest BCUT2D eigenvalue weighted by Gasteiger charge is 2.45. The fourth-order valence-corrected chi connectivity index (χ4v) is 3.92. The third kappa shape index (κ3) is 3.18. The second-order valence-electron chi connectivity index (χ2n) is 6.42. The minimum absolute atomic E-state index is 0.116. The average molecular weight is 382 g/mol. The van der Waals surface area contributed by atoms with Crippen molar-refractivity contribution < 1.29 is 19.1 Å². The second kappa shape index (κ2) is 6.81. The molecule has 0 radical (unpaired) electrons. The lowest BCUT2D eigenvalue weighted by atomic mass is 9.70. The number of hydrogen-bond donors (Lipinski definition) is 1. The maximum absolute atomic E-state index is 13.0. The third-order valence-corrected chi connectivity index (χ3v) is 5.54. The highest BCUT2D eigenvalue weighted by molar-refractivity contribution is 6.42. The number of Topliss-reactive ketones (excluding diaryl/α,β-unsaturated/α-hetero) is 1. The summed E-state index contributed by atoms with van der Waals surface area (Å²) in [7, 11) is 1.27. The summed E-state index contributed by atoms with van der Waals surface area (Å²) >= 11 is 12.1. The van der Waals surface area contributed by atoms with Crippen LogP contribution in [0.2, 0.25) is 10.0 Å². The van der Waals surface area contributed by atoms with Crippen LogP contribution in [-0.4, -0.2) is 24.8 Å². The fraction of sp³-hybridized carbons (Fsp3) is 0.389. The van der Waals surface area contributed by atoms with Crippen molar-refractivity contribution in [1.29, 1.82) is 0 Å². The number of benzene rings is 1. The molecule has 2 aliphatic rings. The molecule has 0 bridgehead atoms. The molecule has 25 heavy (non-hydrogen) atoms. The number of methoxy groups -OCH3 is 1. The molecule has 1 aliphatic carbocycles. The Hall–Kier alpha value is -1.85. The Kier molecular flexibility index (Phi) is 4.89. The molecule has 132 valence electrons. The van der Waals surface area contributed by atoms with Gasteiger partial charge in [0.05, 0.1) is 17.2 Å². The summed E-state index contributed by atoms with van der Waals surface area (Å²) in [6.07, 6.45) is 0.551. The van der Waals surface area contributed by atoms with Crippen molar-refractivity contribution in [3.05, 3.63) is 45.1 Å². The first-order chi connectivity index (χ1) is 11.8. The molecule has 0 aromatic heterocycles. The number of amides is 1. The molecule has 1 aromatic rings. The van der Waals surface area contributed by atoms with Crippen molar-refractivity contribution in [3.63, 3.8) is 0 Å². The van der Waals surface area contributed by atoms with E-state index in [9.17, 15) is 14.4 Å². The molecule has 1 amide bonds. The van der Waals surface area contributed by atoms with Gasteiger partial charge in [-0.25, -0.2) is 0 Å². The van der Waals surface area contributed by atoms with Crippen LogP contribution in [-0.2, 0) is 19.1 Å². The lowest BCUT2D eigenvalue weighted by Gasteiger charge is -2.36. The first-order valence-electron chi connectivity index (χ1n) is 7.93. The minimum atomic E-state index is -0.857. The number of carbonyl (C=O) groups excluding carboxylic acids is 3. The molecule has 0 fully saturated rings. The van der Waals surface area contributed by atoms with Crippen LogP contribution >= 0.6 is 23.2 Å². The van der Waals surface area contributed by atoms with E-state index in [-0.39, 0.29) is 24.0 Å². The normalized spacial score (nSPS) is 26.2. The molecule has 7 heteroatoms. The van der Waals surface area contributed by atoms with Gasteiger partial charge in [-0.05, 0) is 30.0 Å². The van der Waals surface area contributed by atoms with Gasteiger partial charge in [-0.1, -0.05) is 36.2 Å². The number of esters is 1. The summed E-state index contributed by atoms with van der Waals surface area (Å²) in [6, 6.07) is 5.05. The number of halogens is 2. The SMILES string of the molecule is COC(=O)[C@@H]1C(=O)C2=C(C[C@@H]1C)NC(=O)C[C@@H]2c1ccc(Cl)c(Cl)c1. The summed E-state index contributed by atoms with van der Waals surface area (Å²) in [6.45, 7) is 1.80. The van der Waals surface area contributed by atoms with Crippen LogP contribution in [0.15, 0.2) is 29.5 Å². The van der Waals surface area contributed by atoms with Gasteiger partial charge in [0, 0.05) is 23.6 Å². The summed E-state index contributed by atoms with van der Waals surface area (Å²) in [5.74, 6) is -2.56.